The van der Waals surface area contributed by atoms with Crippen molar-refractivity contribution in [3.05, 3.63) is 90.4 Å². The average molecular weight is 609 g/mol. The number of ether oxygens (including phenoxy) is 4. The van der Waals surface area contributed by atoms with E-state index in [0.717, 1.165) is 16.5 Å². The molecule has 0 saturated heterocycles. The van der Waals surface area contributed by atoms with Crippen molar-refractivity contribution in [2.75, 3.05) is 13.9 Å². The number of nitro groups is 1. The molecule has 1 atom stereocenters. The molecule has 3 aromatic carbocycles. The Kier molecular flexibility index (Phi) is 7.69. The Bertz CT molecular complexity index is 1700. The molecule has 0 unspecified atom stereocenters. The fourth-order valence-electron chi connectivity index (χ4n) is 4.20. The Labute approximate surface area is 237 Å². The summed E-state index contributed by atoms with van der Waals surface area (Å²) in [4.78, 5) is 29.6. The Morgan fingerprint density at radius 1 is 1.20 bits per heavy atom. The molecule has 0 aliphatic carbocycles. The van der Waals surface area contributed by atoms with Gasteiger partial charge in [-0.15, -0.1) is 0 Å². The summed E-state index contributed by atoms with van der Waals surface area (Å²) in [6.07, 6.45) is 2.11. The highest BCUT2D eigenvalue weighted by molar-refractivity contribution is 9.10. The molecule has 0 bridgehead atoms. The van der Waals surface area contributed by atoms with Crippen LogP contribution < -0.4 is 24.5 Å². The summed E-state index contributed by atoms with van der Waals surface area (Å²) in [6, 6.07) is 13.5. The van der Waals surface area contributed by atoms with Gasteiger partial charge in [0.1, 0.15) is 12.4 Å². The van der Waals surface area contributed by atoms with E-state index >= 15 is 0 Å². The standard InChI is InChI=1S/C28H25BrN4O7/c1-4-16(2)27-31-21-7-6-19(29)12-20(21)28(34)32(27)30-13-18-9-22(33(35)36)26(25(11-18)37-3)38-14-17-5-8-23-24(10-17)40-15-39-23/h5-13,16H,4,14-15H2,1-3H3/t16-/m1/s1. The number of nitro benzene ring substituents is 1. The number of fused-ring (bicyclic) bond motifs is 2. The van der Waals surface area contributed by atoms with Crippen LogP contribution in [0.4, 0.5) is 5.69 Å². The smallest absolute Gasteiger partial charge is 0.315 e. The number of aromatic nitrogens is 2. The van der Waals surface area contributed by atoms with Gasteiger partial charge in [0.05, 0.1) is 29.2 Å². The van der Waals surface area contributed by atoms with E-state index in [4.69, 9.17) is 18.9 Å². The van der Waals surface area contributed by atoms with Gasteiger partial charge in [0, 0.05) is 22.0 Å². The van der Waals surface area contributed by atoms with Crippen LogP contribution in [-0.2, 0) is 6.61 Å². The summed E-state index contributed by atoms with van der Waals surface area (Å²) in [5, 5.41) is 16.8. The first-order chi connectivity index (χ1) is 19.3. The van der Waals surface area contributed by atoms with Crippen LogP contribution >= 0.6 is 15.9 Å². The molecular weight excluding hydrogens is 584 g/mol. The fraction of sp³-hybridized carbons (Fsp3) is 0.250. The molecule has 0 radical (unpaired) electrons. The highest BCUT2D eigenvalue weighted by Crippen LogP contribution is 2.39. The van der Waals surface area contributed by atoms with Gasteiger partial charge in [0.2, 0.25) is 12.5 Å². The molecule has 1 aliphatic heterocycles. The van der Waals surface area contributed by atoms with Gasteiger partial charge in [0.25, 0.3) is 5.56 Å². The normalized spacial score (nSPS) is 13.1. The minimum Gasteiger partial charge on any atom is -0.493 e. The molecule has 206 valence electrons. The van der Waals surface area contributed by atoms with Crippen LogP contribution in [0.15, 0.2) is 62.9 Å². The molecule has 0 spiro atoms. The Morgan fingerprint density at radius 3 is 2.75 bits per heavy atom. The molecule has 2 heterocycles. The number of nitrogens with zero attached hydrogens (tertiary/aromatic N) is 4. The van der Waals surface area contributed by atoms with Gasteiger partial charge in [0.15, 0.2) is 17.2 Å². The van der Waals surface area contributed by atoms with Crippen molar-refractivity contribution in [2.45, 2.75) is 32.8 Å². The van der Waals surface area contributed by atoms with Crippen molar-refractivity contribution < 1.29 is 23.9 Å². The number of halogens is 1. The second-order valence-electron chi connectivity index (χ2n) is 9.11. The molecule has 40 heavy (non-hydrogen) atoms. The minimum absolute atomic E-state index is 0.0306. The minimum atomic E-state index is -0.555. The van der Waals surface area contributed by atoms with E-state index in [1.807, 2.05) is 19.9 Å². The van der Waals surface area contributed by atoms with Crippen molar-refractivity contribution in [2.24, 2.45) is 5.10 Å². The topological polar surface area (TPSA) is 127 Å². The maximum atomic E-state index is 13.4. The van der Waals surface area contributed by atoms with Gasteiger partial charge in [-0.05, 0) is 48.4 Å². The summed E-state index contributed by atoms with van der Waals surface area (Å²) in [5.74, 6) is 1.75. The summed E-state index contributed by atoms with van der Waals surface area (Å²) in [7, 11) is 1.39. The third-order valence-electron chi connectivity index (χ3n) is 6.50. The molecule has 11 nitrogen and oxygen atoms in total. The first-order valence-corrected chi connectivity index (χ1v) is 13.2. The SMILES string of the molecule is CC[C@@H](C)c1nc2ccc(Br)cc2c(=O)n1N=Cc1cc(OC)c(OCc2ccc3c(c2)OCO3)c([N+](=O)[O-])c1. The molecule has 0 fully saturated rings. The van der Waals surface area contributed by atoms with E-state index in [0.29, 0.717) is 33.8 Å². The van der Waals surface area contributed by atoms with E-state index in [-0.39, 0.29) is 42.1 Å². The van der Waals surface area contributed by atoms with Crippen molar-refractivity contribution in [3.8, 4) is 23.0 Å². The van der Waals surface area contributed by atoms with Crippen LogP contribution in [0.5, 0.6) is 23.0 Å². The molecule has 5 rings (SSSR count). The zero-order valence-electron chi connectivity index (χ0n) is 21.9. The van der Waals surface area contributed by atoms with Crippen molar-refractivity contribution >= 4 is 38.7 Å². The summed E-state index contributed by atoms with van der Waals surface area (Å²) in [5.41, 5.74) is 0.991. The van der Waals surface area contributed by atoms with E-state index in [9.17, 15) is 14.9 Å². The highest BCUT2D eigenvalue weighted by Gasteiger charge is 2.23. The number of hydrogen-bond donors (Lipinski definition) is 0. The van der Waals surface area contributed by atoms with Crippen molar-refractivity contribution in [1.82, 2.24) is 9.66 Å². The third kappa shape index (κ3) is 5.34. The fourth-order valence-corrected chi connectivity index (χ4v) is 4.57. The number of hydrogen-bond acceptors (Lipinski definition) is 9. The van der Waals surface area contributed by atoms with Crippen LogP contribution in [-0.4, -0.2) is 34.7 Å². The zero-order chi connectivity index (χ0) is 28.4. The quantitative estimate of drug-likeness (QED) is 0.133. The lowest BCUT2D eigenvalue weighted by Gasteiger charge is -2.14. The van der Waals surface area contributed by atoms with Crippen LogP contribution in [0, 0.1) is 10.1 Å². The first kappa shape index (κ1) is 27.1. The average Bonchev–Trinajstić information content (AvgIpc) is 3.43. The van der Waals surface area contributed by atoms with Gasteiger partial charge >= 0.3 is 5.69 Å². The van der Waals surface area contributed by atoms with E-state index in [1.54, 1.807) is 36.4 Å². The second-order valence-corrected chi connectivity index (χ2v) is 10.0. The van der Waals surface area contributed by atoms with Crippen molar-refractivity contribution in [3.63, 3.8) is 0 Å². The van der Waals surface area contributed by atoms with Crippen LogP contribution in [0.1, 0.15) is 43.1 Å². The van der Waals surface area contributed by atoms with E-state index in [1.165, 1.54) is 24.1 Å². The first-order valence-electron chi connectivity index (χ1n) is 12.4. The van der Waals surface area contributed by atoms with Gasteiger partial charge < -0.3 is 18.9 Å². The number of methoxy groups -OCH3 is 1. The molecule has 1 aliphatic rings. The maximum absolute atomic E-state index is 13.4. The lowest BCUT2D eigenvalue weighted by atomic mass is 10.1. The Balaban J connectivity index is 1.51. The molecule has 0 N–H and O–H groups in total. The van der Waals surface area contributed by atoms with E-state index in [2.05, 4.69) is 26.0 Å². The highest BCUT2D eigenvalue weighted by atomic mass is 79.9. The lowest BCUT2D eigenvalue weighted by molar-refractivity contribution is -0.386. The summed E-state index contributed by atoms with van der Waals surface area (Å²) in [6.45, 7) is 4.12. The third-order valence-corrected chi connectivity index (χ3v) is 7.00. The van der Waals surface area contributed by atoms with Crippen LogP contribution in [0.3, 0.4) is 0 Å². The second kappa shape index (κ2) is 11.3. The maximum Gasteiger partial charge on any atom is 0.315 e. The predicted octanol–water partition coefficient (Wildman–Crippen LogP) is 5.78. The van der Waals surface area contributed by atoms with E-state index < -0.39 is 4.92 Å². The largest absolute Gasteiger partial charge is 0.493 e. The zero-order valence-corrected chi connectivity index (χ0v) is 23.5. The molecule has 4 aromatic rings. The summed E-state index contributed by atoms with van der Waals surface area (Å²) < 4.78 is 24.0. The monoisotopic (exact) mass is 608 g/mol. The lowest BCUT2D eigenvalue weighted by Crippen LogP contribution is -2.23. The van der Waals surface area contributed by atoms with Gasteiger partial charge in [-0.3, -0.25) is 14.9 Å². The summed E-state index contributed by atoms with van der Waals surface area (Å²) >= 11 is 3.40. The molecule has 12 heteroatoms. The Morgan fingerprint density at radius 2 is 2.00 bits per heavy atom. The predicted molar refractivity (Wildman–Crippen MR) is 152 cm³/mol. The van der Waals surface area contributed by atoms with Crippen LogP contribution in [0.2, 0.25) is 0 Å². The Hall–Kier alpha value is -4.45. The number of rotatable bonds is 9. The van der Waals surface area contributed by atoms with Gasteiger partial charge in [-0.2, -0.15) is 9.78 Å². The van der Waals surface area contributed by atoms with Gasteiger partial charge in [-0.1, -0.05) is 35.8 Å². The molecule has 0 amide bonds. The van der Waals surface area contributed by atoms with Crippen LogP contribution in [0.25, 0.3) is 10.9 Å². The molecule has 1 aromatic heterocycles. The number of benzene rings is 3. The van der Waals surface area contributed by atoms with Gasteiger partial charge in [-0.25, -0.2) is 4.98 Å². The molecular formula is C28H25BrN4O7. The van der Waals surface area contributed by atoms with Crippen molar-refractivity contribution in [1.29, 1.82) is 0 Å². The molecule has 0 saturated carbocycles.